The Balaban J connectivity index is 1.45. The van der Waals surface area contributed by atoms with Crippen molar-refractivity contribution in [3.63, 3.8) is 0 Å². The highest BCUT2D eigenvalue weighted by atomic mass is 16.5. The van der Waals surface area contributed by atoms with Gasteiger partial charge in [0.2, 0.25) is 0 Å². The van der Waals surface area contributed by atoms with Crippen molar-refractivity contribution < 1.29 is 19.4 Å². The van der Waals surface area contributed by atoms with E-state index in [-0.39, 0.29) is 12.3 Å². The average Bonchev–Trinajstić information content (AvgIpc) is 2.80. The van der Waals surface area contributed by atoms with E-state index in [4.69, 9.17) is 4.74 Å². The molecule has 1 amide bonds. The molecule has 1 atom stereocenters. The van der Waals surface area contributed by atoms with Crippen LogP contribution in [0.5, 0.6) is 5.75 Å². The third-order valence-corrected chi connectivity index (χ3v) is 5.01. The molecular formula is C26H29N3O4. The van der Waals surface area contributed by atoms with E-state index in [0.29, 0.717) is 18.6 Å². The number of carboxylic acids is 1. The van der Waals surface area contributed by atoms with Crippen molar-refractivity contribution in [1.29, 1.82) is 0 Å². The number of aromatic nitrogens is 1. The molecule has 7 heteroatoms. The van der Waals surface area contributed by atoms with E-state index in [2.05, 4.69) is 15.6 Å². The van der Waals surface area contributed by atoms with Crippen molar-refractivity contribution in [2.24, 2.45) is 0 Å². The maximum Gasteiger partial charge on any atom is 0.305 e. The van der Waals surface area contributed by atoms with Gasteiger partial charge in [-0.25, -0.2) is 4.98 Å². The zero-order valence-corrected chi connectivity index (χ0v) is 18.7. The fraction of sp³-hybridized carbons (Fsp3) is 0.269. The Morgan fingerprint density at radius 2 is 1.82 bits per heavy atom. The van der Waals surface area contributed by atoms with Crippen LogP contribution in [-0.2, 0) is 11.2 Å². The van der Waals surface area contributed by atoms with Crippen LogP contribution in [0, 0.1) is 6.92 Å². The highest BCUT2D eigenvalue weighted by Gasteiger charge is 2.17. The Kier molecular flexibility index (Phi) is 8.82. The fourth-order valence-electron chi connectivity index (χ4n) is 3.36. The molecule has 0 aliphatic rings. The number of carbonyl (C=O) groups is 2. The monoisotopic (exact) mass is 447 g/mol. The molecule has 0 saturated carbocycles. The number of nitrogens with one attached hydrogen (secondary N) is 2. The first-order valence-corrected chi connectivity index (χ1v) is 11.0. The first-order chi connectivity index (χ1) is 16.0. The summed E-state index contributed by atoms with van der Waals surface area (Å²) in [5.41, 5.74) is 2.59. The Labute approximate surface area is 193 Å². The van der Waals surface area contributed by atoms with Crippen molar-refractivity contribution in [3.05, 3.63) is 89.6 Å². The van der Waals surface area contributed by atoms with Gasteiger partial charge in [0, 0.05) is 24.3 Å². The standard InChI is InChI=1S/C26H29N3O4/c1-19-12-14-28-24(16-19)27-13-5-15-33-23-10-8-20(9-11-23)17-22(18-25(30)31)29-26(32)21-6-3-2-4-7-21/h2-4,6-12,14,16,22H,5,13,15,17-18H2,1H3,(H,27,28)(H,29,32)(H,30,31)/t22-/m0/s1. The topological polar surface area (TPSA) is 101 Å². The van der Waals surface area contributed by atoms with Crippen LogP contribution in [0.1, 0.15) is 34.3 Å². The molecule has 0 unspecified atom stereocenters. The van der Waals surface area contributed by atoms with E-state index in [0.717, 1.165) is 35.7 Å². The molecular weight excluding hydrogens is 418 g/mol. The minimum atomic E-state index is -0.956. The number of aryl methyl sites for hydroxylation is 1. The van der Waals surface area contributed by atoms with Gasteiger partial charge in [-0.2, -0.15) is 0 Å². The lowest BCUT2D eigenvalue weighted by Crippen LogP contribution is -2.38. The second-order valence-electron chi connectivity index (χ2n) is 7.83. The van der Waals surface area contributed by atoms with Crippen LogP contribution in [-0.4, -0.2) is 41.2 Å². The molecule has 1 aromatic heterocycles. The first kappa shape index (κ1) is 23.8. The normalized spacial score (nSPS) is 11.4. The molecule has 2 aromatic carbocycles. The lowest BCUT2D eigenvalue weighted by atomic mass is 10.0. The summed E-state index contributed by atoms with van der Waals surface area (Å²) < 4.78 is 5.79. The number of benzene rings is 2. The van der Waals surface area contributed by atoms with Crippen LogP contribution >= 0.6 is 0 Å². The molecule has 1 heterocycles. The number of pyridine rings is 1. The van der Waals surface area contributed by atoms with Gasteiger partial charge >= 0.3 is 5.97 Å². The third kappa shape index (κ3) is 8.29. The summed E-state index contributed by atoms with van der Waals surface area (Å²) in [5.74, 6) is 0.365. The number of amides is 1. The molecule has 172 valence electrons. The number of carboxylic acid groups (broad SMARTS) is 1. The smallest absolute Gasteiger partial charge is 0.305 e. The Bertz CT molecular complexity index is 1040. The van der Waals surface area contributed by atoms with Crippen LogP contribution in [0.2, 0.25) is 0 Å². The molecule has 3 rings (SSSR count). The molecule has 0 aliphatic carbocycles. The molecule has 33 heavy (non-hydrogen) atoms. The zero-order chi connectivity index (χ0) is 23.5. The van der Waals surface area contributed by atoms with Crippen LogP contribution in [0.25, 0.3) is 0 Å². The number of anilines is 1. The quantitative estimate of drug-likeness (QED) is 0.362. The predicted molar refractivity (Wildman–Crippen MR) is 128 cm³/mol. The van der Waals surface area contributed by atoms with Crippen molar-refractivity contribution >= 4 is 17.7 Å². The minimum absolute atomic E-state index is 0.153. The number of hydrogen-bond donors (Lipinski definition) is 3. The van der Waals surface area contributed by atoms with Crippen LogP contribution < -0.4 is 15.4 Å². The third-order valence-electron chi connectivity index (χ3n) is 5.01. The summed E-state index contributed by atoms with van der Waals surface area (Å²) in [6.45, 7) is 3.35. The first-order valence-electron chi connectivity index (χ1n) is 11.0. The van der Waals surface area contributed by atoms with Crippen molar-refractivity contribution in [3.8, 4) is 5.75 Å². The summed E-state index contributed by atoms with van der Waals surface area (Å²) in [6, 6.07) is 19.7. The van der Waals surface area contributed by atoms with Gasteiger partial charge < -0.3 is 20.5 Å². The van der Waals surface area contributed by atoms with E-state index in [1.807, 2.05) is 49.4 Å². The predicted octanol–water partition coefficient (Wildman–Crippen LogP) is 4.09. The van der Waals surface area contributed by atoms with Gasteiger partial charge in [-0.15, -0.1) is 0 Å². The number of hydrogen-bond acceptors (Lipinski definition) is 5. The molecule has 0 radical (unpaired) electrons. The van der Waals surface area contributed by atoms with Gasteiger partial charge in [0.1, 0.15) is 11.6 Å². The number of nitrogens with zero attached hydrogens (tertiary/aromatic N) is 1. The summed E-state index contributed by atoms with van der Waals surface area (Å²) in [5, 5.41) is 15.3. The van der Waals surface area contributed by atoms with E-state index < -0.39 is 12.0 Å². The molecule has 0 aliphatic heterocycles. The Morgan fingerprint density at radius 1 is 1.06 bits per heavy atom. The molecule has 0 spiro atoms. The summed E-state index contributed by atoms with van der Waals surface area (Å²) >= 11 is 0. The van der Waals surface area contributed by atoms with Gasteiger partial charge in [-0.1, -0.05) is 30.3 Å². The number of carbonyl (C=O) groups excluding carboxylic acids is 1. The van der Waals surface area contributed by atoms with Gasteiger partial charge in [0.25, 0.3) is 5.91 Å². The van der Waals surface area contributed by atoms with E-state index in [9.17, 15) is 14.7 Å². The molecule has 0 bridgehead atoms. The molecule has 7 nitrogen and oxygen atoms in total. The van der Waals surface area contributed by atoms with Gasteiger partial charge in [-0.3, -0.25) is 9.59 Å². The maximum atomic E-state index is 12.4. The number of rotatable bonds is 12. The van der Waals surface area contributed by atoms with E-state index in [1.165, 1.54) is 0 Å². The lowest BCUT2D eigenvalue weighted by Gasteiger charge is -2.17. The number of ether oxygens (including phenoxy) is 1. The molecule has 0 saturated heterocycles. The SMILES string of the molecule is Cc1ccnc(NCCCOc2ccc(C[C@@H](CC(=O)O)NC(=O)c3ccccc3)cc2)c1. The summed E-state index contributed by atoms with van der Waals surface area (Å²) in [7, 11) is 0. The van der Waals surface area contributed by atoms with Crippen LogP contribution in [0.3, 0.4) is 0 Å². The van der Waals surface area contributed by atoms with Gasteiger partial charge in [0.05, 0.1) is 13.0 Å². The van der Waals surface area contributed by atoms with Gasteiger partial charge in [-0.05, 0) is 67.3 Å². The van der Waals surface area contributed by atoms with Crippen molar-refractivity contribution in [2.75, 3.05) is 18.5 Å². The lowest BCUT2D eigenvalue weighted by molar-refractivity contribution is -0.137. The molecule has 3 aromatic rings. The molecule has 0 fully saturated rings. The highest BCUT2D eigenvalue weighted by molar-refractivity contribution is 5.94. The minimum Gasteiger partial charge on any atom is -0.494 e. The summed E-state index contributed by atoms with van der Waals surface area (Å²) in [4.78, 5) is 28.0. The maximum absolute atomic E-state index is 12.4. The zero-order valence-electron chi connectivity index (χ0n) is 18.7. The largest absolute Gasteiger partial charge is 0.494 e. The van der Waals surface area contributed by atoms with E-state index in [1.54, 1.807) is 30.5 Å². The second kappa shape index (κ2) is 12.2. The molecule has 3 N–H and O–H groups in total. The van der Waals surface area contributed by atoms with Gasteiger partial charge in [0.15, 0.2) is 0 Å². The summed E-state index contributed by atoms with van der Waals surface area (Å²) in [6.07, 6.45) is 2.87. The van der Waals surface area contributed by atoms with Crippen LogP contribution in [0.4, 0.5) is 5.82 Å². The number of aliphatic carboxylic acids is 1. The second-order valence-corrected chi connectivity index (χ2v) is 7.83. The Hall–Kier alpha value is -3.87. The highest BCUT2D eigenvalue weighted by Crippen LogP contribution is 2.15. The van der Waals surface area contributed by atoms with Crippen molar-refractivity contribution in [2.45, 2.75) is 32.2 Å². The Morgan fingerprint density at radius 3 is 2.52 bits per heavy atom. The van der Waals surface area contributed by atoms with Crippen LogP contribution in [0.15, 0.2) is 72.9 Å². The van der Waals surface area contributed by atoms with Crippen molar-refractivity contribution in [1.82, 2.24) is 10.3 Å². The fourth-order valence-corrected chi connectivity index (χ4v) is 3.36. The van der Waals surface area contributed by atoms with E-state index >= 15 is 0 Å². The average molecular weight is 448 g/mol.